The van der Waals surface area contributed by atoms with Gasteiger partial charge >= 0.3 is 0 Å². The molecule has 2 amide bonds. The molecule has 0 aliphatic carbocycles. The summed E-state index contributed by atoms with van der Waals surface area (Å²) in [5, 5.41) is 7.69. The number of Topliss-reactive ketones (excluding diaryl/α,β-unsaturated/α-hetero) is 1. The Morgan fingerprint density at radius 2 is 1.34 bits per heavy atom. The van der Waals surface area contributed by atoms with Gasteiger partial charge in [0.05, 0.1) is 29.3 Å². The van der Waals surface area contributed by atoms with Gasteiger partial charge in [0.15, 0.2) is 28.8 Å². The first-order chi connectivity index (χ1) is 26.8. The Labute approximate surface area is 331 Å². The molecule has 16 nitrogen and oxygen atoms in total. The Hall–Kier alpha value is -5.66. The summed E-state index contributed by atoms with van der Waals surface area (Å²) in [7, 11) is 0. The Morgan fingerprint density at radius 1 is 0.804 bits per heavy atom. The zero-order valence-corrected chi connectivity index (χ0v) is 32.9. The Morgan fingerprint density at radius 3 is 1.82 bits per heavy atom. The summed E-state index contributed by atoms with van der Waals surface area (Å²) in [4.78, 5) is 57.8. The number of primary amides is 2. The average molecular weight is 802 g/mol. The van der Waals surface area contributed by atoms with Crippen LogP contribution in [0.1, 0.15) is 80.4 Å². The highest BCUT2D eigenvalue weighted by Crippen LogP contribution is 2.29. The second-order valence-corrected chi connectivity index (χ2v) is 15.5. The van der Waals surface area contributed by atoms with E-state index in [-0.39, 0.29) is 46.9 Å². The zero-order chi connectivity index (χ0) is 39.9. The number of aryl methyl sites for hydroxylation is 3. The molecule has 6 heterocycles. The van der Waals surface area contributed by atoms with Crippen LogP contribution in [0.2, 0.25) is 0 Å². The van der Waals surface area contributed by atoms with Crippen LogP contribution in [0.25, 0.3) is 0 Å². The number of benzene rings is 1. The highest BCUT2D eigenvalue weighted by atomic mass is 32.1. The van der Waals surface area contributed by atoms with Gasteiger partial charge < -0.3 is 37.6 Å². The van der Waals surface area contributed by atoms with Crippen LogP contribution in [-0.2, 0) is 0 Å². The fraction of sp³-hybridized carbons (Fsp3) is 0.378. The van der Waals surface area contributed by atoms with E-state index in [1.54, 1.807) is 25.3 Å². The molecule has 19 heteroatoms. The SMILES string of the molecule is Cc1cc(Nc2nc(N3CCC[C@@H](N)C3)cnc2C(N)=O)sn1.Cc1ccc(C(=O)C[C@@H]2CCCN(c3cnc(C(N)=O)c(Nc4cc(C)ns4)n3)C2)c(F)c1. The fourth-order valence-corrected chi connectivity index (χ4v) is 7.88. The predicted octanol–water partition coefficient (Wildman–Crippen LogP) is 5.03. The van der Waals surface area contributed by atoms with E-state index < -0.39 is 17.6 Å². The van der Waals surface area contributed by atoms with Crippen molar-refractivity contribution in [3.05, 3.63) is 82.4 Å². The molecular formula is C37H44FN13O3S2. The lowest BCUT2D eigenvalue weighted by molar-refractivity contribution is 0.0950. The van der Waals surface area contributed by atoms with Crippen molar-refractivity contribution in [2.75, 3.05) is 46.6 Å². The largest absolute Gasteiger partial charge is 0.364 e. The number of carbonyl (C=O) groups excluding carboxylic acids is 3. The van der Waals surface area contributed by atoms with Crippen LogP contribution in [0, 0.1) is 32.5 Å². The fourth-order valence-electron chi connectivity index (χ4n) is 6.55. The standard InChI is InChI=1S/C23H25FN6O2S.C14H19N7OS/c1-13-5-6-16(17(24)8-13)18(31)10-15-4-3-7-30(12-15)19-11-26-21(22(25)32)23(27-19)28-20-9-14(2)29-33-20;1-8-5-11(23-20-8)19-14-12(13(16)22)17-6-10(18-14)21-4-2-3-9(15)7-21/h5-6,8-9,11,15H,3-4,7,10,12H2,1-2H3,(H2,25,32)(H,27,28);5-6,9H,2-4,7,15H2,1H3,(H2,16,22)(H,18,19)/t15-;9-/m01/s1. The monoisotopic (exact) mass is 801 g/mol. The van der Waals surface area contributed by atoms with E-state index >= 15 is 0 Å². The minimum absolute atomic E-state index is 0.0448. The lowest BCUT2D eigenvalue weighted by Gasteiger charge is -2.33. The van der Waals surface area contributed by atoms with Crippen LogP contribution in [0.3, 0.4) is 0 Å². The summed E-state index contributed by atoms with van der Waals surface area (Å²) >= 11 is 2.54. The van der Waals surface area contributed by atoms with Gasteiger partial charge in [-0.2, -0.15) is 8.75 Å². The number of piperidine rings is 2. The van der Waals surface area contributed by atoms with Crippen LogP contribution in [0.15, 0.2) is 42.7 Å². The van der Waals surface area contributed by atoms with Crippen molar-refractivity contribution in [1.29, 1.82) is 0 Å². The van der Waals surface area contributed by atoms with E-state index in [1.807, 2.05) is 30.9 Å². The van der Waals surface area contributed by atoms with Gasteiger partial charge in [-0.1, -0.05) is 6.07 Å². The van der Waals surface area contributed by atoms with E-state index in [4.69, 9.17) is 17.2 Å². The number of carbonyl (C=O) groups is 3. The Balaban J connectivity index is 0.000000202. The predicted molar refractivity (Wildman–Crippen MR) is 216 cm³/mol. The smallest absolute Gasteiger partial charge is 0.271 e. The molecular weight excluding hydrogens is 758 g/mol. The molecule has 0 radical (unpaired) electrons. The average Bonchev–Trinajstić information content (AvgIpc) is 3.77. The summed E-state index contributed by atoms with van der Waals surface area (Å²) < 4.78 is 22.6. The van der Waals surface area contributed by atoms with Crippen molar-refractivity contribution >= 4 is 73.9 Å². The number of amides is 2. The minimum Gasteiger partial charge on any atom is -0.364 e. The Kier molecular flexibility index (Phi) is 12.8. The Bertz CT molecular complexity index is 2210. The third kappa shape index (κ3) is 10.1. The number of hydrogen-bond donors (Lipinski definition) is 5. The molecule has 5 aromatic rings. The van der Waals surface area contributed by atoms with Crippen molar-refractivity contribution in [2.24, 2.45) is 23.1 Å². The summed E-state index contributed by atoms with van der Waals surface area (Å²) in [5.74, 6) is -0.0297. The summed E-state index contributed by atoms with van der Waals surface area (Å²) in [6.07, 6.45) is 7.10. The molecule has 2 atom stereocenters. The first-order valence-corrected chi connectivity index (χ1v) is 19.7. The van der Waals surface area contributed by atoms with Crippen molar-refractivity contribution in [3.8, 4) is 0 Å². The second-order valence-electron chi connectivity index (χ2n) is 13.9. The quantitative estimate of drug-likeness (QED) is 0.110. The number of hydrogen-bond acceptors (Lipinski definition) is 16. The van der Waals surface area contributed by atoms with E-state index in [9.17, 15) is 18.8 Å². The number of nitrogens with zero attached hydrogens (tertiary/aromatic N) is 8. The molecule has 2 saturated heterocycles. The molecule has 0 saturated carbocycles. The molecule has 2 aliphatic rings. The molecule has 0 spiro atoms. The summed E-state index contributed by atoms with van der Waals surface area (Å²) in [6.45, 7) is 8.49. The molecule has 0 unspecified atom stereocenters. The van der Waals surface area contributed by atoms with Gasteiger partial charge in [0, 0.05) is 38.6 Å². The number of rotatable bonds is 11. The summed E-state index contributed by atoms with van der Waals surface area (Å²) in [6, 6.07) is 8.54. The van der Waals surface area contributed by atoms with Crippen LogP contribution in [0.5, 0.6) is 0 Å². The van der Waals surface area contributed by atoms with Crippen molar-refractivity contribution in [3.63, 3.8) is 0 Å². The van der Waals surface area contributed by atoms with Crippen LogP contribution in [-0.4, -0.2) is 78.5 Å². The lowest BCUT2D eigenvalue weighted by atomic mass is 9.90. The van der Waals surface area contributed by atoms with Crippen LogP contribution in [0.4, 0.5) is 37.7 Å². The maximum absolute atomic E-state index is 14.2. The van der Waals surface area contributed by atoms with Crippen molar-refractivity contribution in [1.82, 2.24) is 28.7 Å². The van der Waals surface area contributed by atoms with Gasteiger partial charge in [-0.3, -0.25) is 14.4 Å². The van der Waals surface area contributed by atoms with Crippen LogP contribution >= 0.6 is 23.1 Å². The van der Waals surface area contributed by atoms with Gasteiger partial charge in [-0.15, -0.1) is 0 Å². The number of ketones is 1. The summed E-state index contributed by atoms with van der Waals surface area (Å²) in [5.41, 5.74) is 19.7. The van der Waals surface area contributed by atoms with E-state index in [2.05, 4.69) is 44.2 Å². The molecule has 4 aromatic heterocycles. The molecule has 8 N–H and O–H groups in total. The van der Waals surface area contributed by atoms with E-state index in [0.717, 1.165) is 72.3 Å². The molecule has 1 aromatic carbocycles. The third-order valence-electron chi connectivity index (χ3n) is 9.25. The maximum Gasteiger partial charge on any atom is 0.271 e. The highest BCUT2D eigenvalue weighted by molar-refractivity contribution is 7.10. The topological polar surface area (TPSA) is 237 Å². The van der Waals surface area contributed by atoms with Gasteiger partial charge in [-0.05, 0) is 105 Å². The van der Waals surface area contributed by atoms with Gasteiger partial charge in [0.1, 0.15) is 27.5 Å². The normalized spacial score (nSPS) is 16.8. The first-order valence-electron chi connectivity index (χ1n) is 18.1. The van der Waals surface area contributed by atoms with Gasteiger partial charge in [0.2, 0.25) is 0 Å². The van der Waals surface area contributed by atoms with Gasteiger partial charge in [-0.25, -0.2) is 24.3 Å². The van der Waals surface area contributed by atoms with Crippen LogP contribution < -0.4 is 37.6 Å². The van der Waals surface area contributed by atoms with E-state index in [1.165, 1.54) is 35.3 Å². The number of nitrogens with two attached hydrogens (primary N) is 3. The maximum atomic E-state index is 14.2. The molecule has 0 bridgehead atoms. The molecule has 2 fully saturated rings. The number of aromatic nitrogens is 6. The molecule has 7 rings (SSSR count). The lowest BCUT2D eigenvalue weighted by Crippen LogP contribution is -2.43. The molecule has 2 aliphatic heterocycles. The highest BCUT2D eigenvalue weighted by Gasteiger charge is 2.26. The zero-order valence-electron chi connectivity index (χ0n) is 31.3. The number of halogens is 1. The molecule has 56 heavy (non-hydrogen) atoms. The van der Waals surface area contributed by atoms with Crippen molar-refractivity contribution in [2.45, 2.75) is 58.9 Å². The first kappa shape index (κ1) is 40.0. The number of nitrogens with one attached hydrogen (secondary N) is 2. The molecule has 294 valence electrons. The third-order valence-corrected chi connectivity index (χ3v) is 10.8. The van der Waals surface area contributed by atoms with Gasteiger partial charge in [0.25, 0.3) is 11.8 Å². The van der Waals surface area contributed by atoms with E-state index in [0.29, 0.717) is 24.0 Å². The van der Waals surface area contributed by atoms with Crippen molar-refractivity contribution < 1.29 is 18.8 Å². The second kappa shape index (κ2) is 17.9. The minimum atomic E-state index is -0.681. The number of anilines is 6.